The molecular formula is C9H9BrF3NO. The van der Waals surface area contributed by atoms with Crippen LogP contribution >= 0.6 is 15.9 Å². The van der Waals surface area contributed by atoms with E-state index in [1.54, 1.807) is 0 Å². The molecule has 0 aromatic heterocycles. The van der Waals surface area contributed by atoms with Crippen LogP contribution in [0.3, 0.4) is 0 Å². The van der Waals surface area contributed by atoms with E-state index in [-0.39, 0.29) is 16.6 Å². The summed E-state index contributed by atoms with van der Waals surface area (Å²) in [7, 11) is 0. The number of aliphatic hydroxyl groups excluding tert-OH is 1. The van der Waals surface area contributed by atoms with E-state index in [4.69, 9.17) is 10.8 Å². The molecule has 15 heavy (non-hydrogen) atoms. The Balaban J connectivity index is 3.17. The van der Waals surface area contributed by atoms with Gasteiger partial charge in [0.15, 0.2) is 0 Å². The standard InChI is InChI=1S/C9H9BrF3NO/c10-7-2-1-5(8(14)4-15)3-6(7)9(11,12)13/h1-3,8,15H,4,14H2/t8-/m0/s1. The third-order valence-electron chi connectivity index (χ3n) is 1.92. The van der Waals surface area contributed by atoms with Crippen LogP contribution in [0.4, 0.5) is 13.2 Å². The van der Waals surface area contributed by atoms with Gasteiger partial charge in [-0.3, -0.25) is 0 Å². The van der Waals surface area contributed by atoms with Crippen LogP contribution in [-0.2, 0) is 6.18 Å². The first kappa shape index (κ1) is 12.5. The molecule has 0 saturated heterocycles. The number of alkyl halides is 3. The Morgan fingerprint density at radius 1 is 1.40 bits per heavy atom. The van der Waals surface area contributed by atoms with Gasteiger partial charge >= 0.3 is 6.18 Å². The van der Waals surface area contributed by atoms with Crippen LogP contribution in [0, 0.1) is 0 Å². The average Bonchev–Trinajstić information content (AvgIpc) is 2.15. The van der Waals surface area contributed by atoms with Gasteiger partial charge in [0.05, 0.1) is 18.2 Å². The van der Waals surface area contributed by atoms with E-state index in [2.05, 4.69) is 15.9 Å². The van der Waals surface area contributed by atoms with E-state index >= 15 is 0 Å². The molecule has 0 aliphatic rings. The van der Waals surface area contributed by atoms with E-state index in [1.807, 2.05) is 0 Å². The molecule has 0 heterocycles. The lowest BCUT2D eigenvalue weighted by molar-refractivity contribution is -0.138. The number of benzene rings is 1. The normalized spacial score (nSPS) is 14.0. The Hall–Kier alpha value is -0.590. The largest absolute Gasteiger partial charge is 0.417 e. The summed E-state index contributed by atoms with van der Waals surface area (Å²) >= 11 is 2.81. The molecule has 0 aliphatic heterocycles. The Labute approximate surface area is 93.0 Å². The van der Waals surface area contributed by atoms with Crippen LogP contribution < -0.4 is 5.73 Å². The van der Waals surface area contributed by atoms with Gasteiger partial charge in [-0.2, -0.15) is 13.2 Å². The summed E-state index contributed by atoms with van der Waals surface area (Å²) in [5, 5.41) is 8.73. The highest BCUT2D eigenvalue weighted by atomic mass is 79.9. The summed E-state index contributed by atoms with van der Waals surface area (Å²) in [5.41, 5.74) is 4.89. The molecule has 0 spiro atoms. The van der Waals surface area contributed by atoms with Crippen molar-refractivity contribution in [2.75, 3.05) is 6.61 Å². The highest BCUT2D eigenvalue weighted by Gasteiger charge is 2.33. The summed E-state index contributed by atoms with van der Waals surface area (Å²) < 4.78 is 37.4. The third-order valence-corrected chi connectivity index (χ3v) is 2.61. The monoisotopic (exact) mass is 283 g/mol. The Bertz CT molecular complexity index is 354. The summed E-state index contributed by atoms with van der Waals surface area (Å²) in [6, 6.07) is 2.86. The highest BCUT2D eigenvalue weighted by Crippen LogP contribution is 2.35. The fourth-order valence-electron chi connectivity index (χ4n) is 1.10. The van der Waals surface area contributed by atoms with Gasteiger partial charge in [-0.25, -0.2) is 0 Å². The number of nitrogens with two attached hydrogens (primary N) is 1. The van der Waals surface area contributed by atoms with Gasteiger partial charge in [0.25, 0.3) is 0 Å². The van der Waals surface area contributed by atoms with Crippen molar-refractivity contribution in [2.45, 2.75) is 12.2 Å². The third kappa shape index (κ3) is 2.93. The molecule has 1 atom stereocenters. The lowest BCUT2D eigenvalue weighted by Crippen LogP contribution is -2.16. The number of rotatable bonds is 2. The molecule has 0 radical (unpaired) electrons. The minimum absolute atomic E-state index is 0.0381. The number of hydrogen-bond acceptors (Lipinski definition) is 2. The highest BCUT2D eigenvalue weighted by molar-refractivity contribution is 9.10. The lowest BCUT2D eigenvalue weighted by atomic mass is 10.1. The molecule has 1 aromatic rings. The zero-order chi connectivity index (χ0) is 11.6. The zero-order valence-corrected chi connectivity index (χ0v) is 9.14. The molecule has 6 heteroatoms. The maximum atomic E-state index is 12.5. The van der Waals surface area contributed by atoms with Crippen molar-refractivity contribution in [1.82, 2.24) is 0 Å². The van der Waals surface area contributed by atoms with Crippen LogP contribution in [0.5, 0.6) is 0 Å². The maximum Gasteiger partial charge on any atom is 0.417 e. The minimum atomic E-state index is -4.43. The van der Waals surface area contributed by atoms with E-state index in [0.29, 0.717) is 0 Å². The second kappa shape index (κ2) is 4.51. The Morgan fingerprint density at radius 2 is 2.00 bits per heavy atom. The van der Waals surface area contributed by atoms with Crippen molar-refractivity contribution in [1.29, 1.82) is 0 Å². The number of hydrogen-bond donors (Lipinski definition) is 2. The predicted molar refractivity (Wildman–Crippen MR) is 53.2 cm³/mol. The second-order valence-electron chi connectivity index (χ2n) is 3.03. The van der Waals surface area contributed by atoms with Crippen molar-refractivity contribution >= 4 is 15.9 Å². The molecule has 0 unspecified atom stereocenters. The van der Waals surface area contributed by atoms with Gasteiger partial charge in [0, 0.05) is 4.47 Å². The summed E-state index contributed by atoms with van der Waals surface area (Å²) in [4.78, 5) is 0. The van der Waals surface area contributed by atoms with Gasteiger partial charge < -0.3 is 10.8 Å². The van der Waals surface area contributed by atoms with Crippen molar-refractivity contribution in [2.24, 2.45) is 5.73 Å². The summed E-state index contributed by atoms with van der Waals surface area (Å²) in [6.45, 7) is -0.390. The Morgan fingerprint density at radius 3 is 2.47 bits per heavy atom. The lowest BCUT2D eigenvalue weighted by Gasteiger charge is -2.13. The second-order valence-corrected chi connectivity index (χ2v) is 3.88. The van der Waals surface area contributed by atoms with E-state index in [9.17, 15) is 13.2 Å². The Kier molecular flexibility index (Phi) is 3.75. The van der Waals surface area contributed by atoms with Crippen LogP contribution in [0.2, 0.25) is 0 Å². The molecule has 0 aliphatic carbocycles. The maximum absolute atomic E-state index is 12.5. The molecule has 2 nitrogen and oxygen atoms in total. The fourth-order valence-corrected chi connectivity index (χ4v) is 1.57. The first-order chi connectivity index (χ1) is 6.86. The number of aliphatic hydroxyl groups is 1. The molecule has 1 aromatic carbocycles. The van der Waals surface area contributed by atoms with Crippen molar-refractivity contribution < 1.29 is 18.3 Å². The average molecular weight is 284 g/mol. The van der Waals surface area contributed by atoms with Gasteiger partial charge in [-0.1, -0.05) is 22.0 Å². The SMILES string of the molecule is N[C@@H](CO)c1ccc(Br)c(C(F)(F)F)c1. The fraction of sp³-hybridized carbons (Fsp3) is 0.333. The van der Waals surface area contributed by atoms with Gasteiger partial charge in [0.1, 0.15) is 0 Å². The molecule has 0 amide bonds. The molecule has 0 fully saturated rings. The molecular weight excluding hydrogens is 275 g/mol. The van der Waals surface area contributed by atoms with Gasteiger partial charge in [-0.05, 0) is 17.7 Å². The topological polar surface area (TPSA) is 46.2 Å². The predicted octanol–water partition coefficient (Wildman–Crippen LogP) is 2.46. The van der Waals surface area contributed by atoms with Crippen LogP contribution in [0.25, 0.3) is 0 Å². The summed E-state index contributed by atoms with van der Waals surface area (Å²) in [6.07, 6.45) is -4.43. The van der Waals surface area contributed by atoms with Gasteiger partial charge in [-0.15, -0.1) is 0 Å². The van der Waals surface area contributed by atoms with Crippen LogP contribution in [-0.4, -0.2) is 11.7 Å². The zero-order valence-electron chi connectivity index (χ0n) is 7.55. The smallest absolute Gasteiger partial charge is 0.394 e. The summed E-state index contributed by atoms with van der Waals surface area (Å²) in [5.74, 6) is 0. The molecule has 0 saturated carbocycles. The van der Waals surface area contributed by atoms with Crippen molar-refractivity contribution in [3.63, 3.8) is 0 Å². The molecule has 84 valence electrons. The molecule has 1 rings (SSSR count). The van der Waals surface area contributed by atoms with Crippen LogP contribution in [0.1, 0.15) is 17.2 Å². The van der Waals surface area contributed by atoms with E-state index in [0.717, 1.165) is 6.07 Å². The van der Waals surface area contributed by atoms with E-state index < -0.39 is 17.8 Å². The van der Waals surface area contributed by atoms with Crippen molar-refractivity contribution in [3.8, 4) is 0 Å². The molecule has 0 bridgehead atoms. The first-order valence-electron chi connectivity index (χ1n) is 4.09. The van der Waals surface area contributed by atoms with Gasteiger partial charge in [0.2, 0.25) is 0 Å². The quantitative estimate of drug-likeness (QED) is 0.876. The number of halogens is 4. The first-order valence-corrected chi connectivity index (χ1v) is 4.88. The minimum Gasteiger partial charge on any atom is -0.394 e. The van der Waals surface area contributed by atoms with Crippen molar-refractivity contribution in [3.05, 3.63) is 33.8 Å². The van der Waals surface area contributed by atoms with Crippen LogP contribution in [0.15, 0.2) is 22.7 Å². The van der Waals surface area contributed by atoms with E-state index in [1.165, 1.54) is 12.1 Å². The molecule has 3 N–H and O–H groups in total.